The molecule has 118 valence electrons. The third-order valence-corrected chi connectivity index (χ3v) is 3.38. The number of primary amides is 1. The summed E-state index contributed by atoms with van der Waals surface area (Å²) >= 11 is 0. The Balaban J connectivity index is 3.17. The van der Waals surface area contributed by atoms with E-state index in [9.17, 15) is 4.79 Å². The molecule has 0 spiro atoms. The van der Waals surface area contributed by atoms with Gasteiger partial charge in [-0.05, 0) is 43.6 Å². The highest BCUT2D eigenvalue weighted by molar-refractivity contribution is 5.81. The van der Waals surface area contributed by atoms with Crippen LogP contribution in [0.2, 0.25) is 0 Å². The number of hydrogen-bond acceptors (Lipinski definition) is 4. The Labute approximate surface area is 127 Å². The van der Waals surface area contributed by atoms with Crippen molar-refractivity contribution in [1.29, 1.82) is 0 Å². The van der Waals surface area contributed by atoms with Crippen molar-refractivity contribution in [3.05, 3.63) is 23.8 Å². The summed E-state index contributed by atoms with van der Waals surface area (Å²) in [6.45, 7) is 5.84. The van der Waals surface area contributed by atoms with E-state index in [0.717, 1.165) is 31.5 Å². The normalized spacial score (nSPS) is 12.2. The third kappa shape index (κ3) is 4.36. The molecule has 0 bridgehead atoms. The van der Waals surface area contributed by atoms with Crippen molar-refractivity contribution in [2.24, 2.45) is 5.73 Å². The molecule has 1 unspecified atom stereocenters. The topological polar surface area (TPSA) is 64.8 Å². The number of carbonyl (C=O) groups excluding carboxylic acids is 1. The number of hydrogen-bond donors (Lipinski definition) is 1. The molecule has 1 rings (SSSR count). The van der Waals surface area contributed by atoms with Gasteiger partial charge in [-0.25, -0.2) is 0 Å². The molecule has 21 heavy (non-hydrogen) atoms. The average molecular weight is 294 g/mol. The van der Waals surface area contributed by atoms with Gasteiger partial charge in [0, 0.05) is 0 Å². The number of amides is 1. The Morgan fingerprint density at radius 2 is 1.71 bits per heavy atom. The van der Waals surface area contributed by atoms with Gasteiger partial charge >= 0.3 is 0 Å². The summed E-state index contributed by atoms with van der Waals surface area (Å²) in [7, 11) is 3.17. The summed E-state index contributed by atoms with van der Waals surface area (Å²) in [6, 6.07) is 5.06. The molecule has 5 nitrogen and oxygen atoms in total. The summed E-state index contributed by atoms with van der Waals surface area (Å²) in [5, 5.41) is 0. The molecule has 0 heterocycles. The molecule has 1 aromatic carbocycles. The van der Waals surface area contributed by atoms with Gasteiger partial charge in [0.1, 0.15) is 6.04 Å². The molecular weight excluding hydrogens is 268 g/mol. The number of rotatable bonds is 9. The third-order valence-electron chi connectivity index (χ3n) is 3.38. The Hall–Kier alpha value is -1.75. The predicted octanol–water partition coefficient (Wildman–Crippen LogP) is 2.35. The van der Waals surface area contributed by atoms with Gasteiger partial charge < -0.3 is 15.2 Å². The van der Waals surface area contributed by atoms with Crippen molar-refractivity contribution in [2.75, 3.05) is 27.3 Å². The smallest absolute Gasteiger partial charge is 0.239 e. The fourth-order valence-corrected chi connectivity index (χ4v) is 2.52. The van der Waals surface area contributed by atoms with E-state index in [1.54, 1.807) is 20.3 Å². The quantitative estimate of drug-likeness (QED) is 0.759. The average Bonchev–Trinajstić information content (AvgIpc) is 2.47. The molecule has 0 saturated heterocycles. The lowest BCUT2D eigenvalue weighted by Gasteiger charge is -2.29. The zero-order valence-electron chi connectivity index (χ0n) is 13.4. The second-order valence-corrected chi connectivity index (χ2v) is 4.96. The highest BCUT2D eigenvalue weighted by atomic mass is 16.5. The van der Waals surface area contributed by atoms with Gasteiger partial charge in [-0.3, -0.25) is 9.69 Å². The minimum atomic E-state index is -0.440. The monoisotopic (exact) mass is 294 g/mol. The van der Waals surface area contributed by atoms with E-state index in [-0.39, 0.29) is 5.91 Å². The molecule has 1 aromatic rings. The molecule has 0 aliphatic carbocycles. The molecular formula is C16H26N2O3. The molecule has 1 atom stereocenters. The Bertz CT molecular complexity index is 457. The lowest BCUT2D eigenvalue weighted by molar-refractivity contribution is -0.123. The zero-order chi connectivity index (χ0) is 15.8. The van der Waals surface area contributed by atoms with Crippen LogP contribution in [0, 0.1) is 0 Å². The maximum Gasteiger partial charge on any atom is 0.239 e. The second kappa shape index (κ2) is 8.52. The maximum atomic E-state index is 12.0. The molecule has 2 N–H and O–H groups in total. The van der Waals surface area contributed by atoms with Gasteiger partial charge in [0.2, 0.25) is 5.91 Å². The van der Waals surface area contributed by atoms with E-state index in [4.69, 9.17) is 15.2 Å². The van der Waals surface area contributed by atoms with Crippen LogP contribution in [0.4, 0.5) is 0 Å². The Morgan fingerprint density at radius 3 is 2.14 bits per heavy atom. The van der Waals surface area contributed by atoms with E-state index in [1.165, 1.54) is 0 Å². The van der Waals surface area contributed by atoms with E-state index in [0.29, 0.717) is 11.5 Å². The molecule has 0 fully saturated rings. The van der Waals surface area contributed by atoms with Crippen LogP contribution in [0.1, 0.15) is 38.3 Å². The van der Waals surface area contributed by atoms with Gasteiger partial charge in [-0.1, -0.05) is 19.9 Å². The van der Waals surface area contributed by atoms with Crippen LogP contribution in [0.3, 0.4) is 0 Å². The van der Waals surface area contributed by atoms with Crippen LogP contribution in [0.25, 0.3) is 0 Å². The summed E-state index contributed by atoms with van der Waals surface area (Å²) in [5.74, 6) is 0.903. The molecule has 0 aliphatic heterocycles. The summed E-state index contributed by atoms with van der Waals surface area (Å²) in [6.07, 6.45) is 1.94. The fourth-order valence-electron chi connectivity index (χ4n) is 2.52. The number of carbonyl (C=O) groups is 1. The minimum Gasteiger partial charge on any atom is -0.493 e. The SMILES string of the molecule is CCCN(CCC)C(C(N)=O)c1ccc(OC)c(OC)c1. The summed E-state index contributed by atoms with van der Waals surface area (Å²) in [4.78, 5) is 14.1. The number of nitrogens with two attached hydrogens (primary N) is 1. The van der Waals surface area contributed by atoms with Crippen molar-refractivity contribution < 1.29 is 14.3 Å². The maximum absolute atomic E-state index is 12.0. The first-order chi connectivity index (χ1) is 10.1. The van der Waals surface area contributed by atoms with Crippen LogP contribution in [-0.4, -0.2) is 38.1 Å². The van der Waals surface area contributed by atoms with Gasteiger partial charge in [-0.2, -0.15) is 0 Å². The van der Waals surface area contributed by atoms with Crippen LogP contribution < -0.4 is 15.2 Å². The predicted molar refractivity (Wildman–Crippen MR) is 83.6 cm³/mol. The molecule has 1 amide bonds. The number of ether oxygens (including phenoxy) is 2. The van der Waals surface area contributed by atoms with Gasteiger partial charge in [0.15, 0.2) is 11.5 Å². The molecule has 0 aromatic heterocycles. The Kier molecular flexibility index (Phi) is 7.02. The van der Waals surface area contributed by atoms with Crippen molar-refractivity contribution in [2.45, 2.75) is 32.7 Å². The van der Waals surface area contributed by atoms with Gasteiger partial charge in [0.25, 0.3) is 0 Å². The highest BCUT2D eigenvalue weighted by Crippen LogP contribution is 2.32. The van der Waals surface area contributed by atoms with Gasteiger partial charge in [0.05, 0.1) is 14.2 Å². The lowest BCUT2D eigenvalue weighted by Crippen LogP contribution is -2.38. The molecule has 0 saturated carbocycles. The van der Waals surface area contributed by atoms with E-state index >= 15 is 0 Å². The fraction of sp³-hybridized carbons (Fsp3) is 0.562. The highest BCUT2D eigenvalue weighted by Gasteiger charge is 2.25. The number of benzene rings is 1. The van der Waals surface area contributed by atoms with Crippen LogP contribution in [-0.2, 0) is 4.79 Å². The standard InChI is InChI=1S/C16H26N2O3/c1-5-9-18(10-6-2)15(16(17)19)12-7-8-13(20-3)14(11-12)21-4/h7-8,11,15H,5-6,9-10H2,1-4H3,(H2,17,19). The van der Waals surface area contributed by atoms with Crippen molar-refractivity contribution >= 4 is 5.91 Å². The first-order valence-electron chi connectivity index (χ1n) is 7.34. The molecule has 5 heteroatoms. The van der Waals surface area contributed by atoms with E-state index in [2.05, 4.69) is 18.7 Å². The summed E-state index contributed by atoms with van der Waals surface area (Å²) in [5.41, 5.74) is 6.47. The Morgan fingerprint density at radius 1 is 1.14 bits per heavy atom. The first kappa shape index (κ1) is 17.3. The first-order valence-corrected chi connectivity index (χ1v) is 7.34. The lowest BCUT2D eigenvalue weighted by atomic mass is 10.0. The largest absolute Gasteiger partial charge is 0.493 e. The van der Waals surface area contributed by atoms with Gasteiger partial charge in [-0.15, -0.1) is 0 Å². The van der Waals surface area contributed by atoms with Crippen molar-refractivity contribution in [1.82, 2.24) is 4.90 Å². The van der Waals surface area contributed by atoms with E-state index < -0.39 is 6.04 Å². The minimum absolute atomic E-state index is 0.343. The van der Waals surface area contributed by atoms with Crippen molar-refractivity contribution in [3.8, 4) is 11.5 Å². The van der Waals surface area contributed by atoms with E-state index in [1.807, 2.05) is 12.1 Å². The van der Waals surface area contributed by atoms with Crippen molar-refractivity contribution in [3.63, 3.8) is 0 Å². The summed E-state index contributed by atoms with van der Waals surface area (Å²) < 4.78 is 10.5. The zero-order valence-corrected chi connectivity index (χ0v) is 13.4. The number of nitrogens with zero attached hydrogens (tertiary/aromatic N) is 1. The van der Waals surface area contributed by atoms with Crippen LogP contribution in [0.5, 0.6) is 11.5 Å². The second-order valence-electron chi connectivity index (χ2n) is 4.96. The number of methoxy groups -OCH3 is 2. The molecule has 0 aliphatic rings. The van der Waals surface area contributed by atoms with Crippen LogP contribution in [0.15, 0.2) is 18.2 Å². The van der Waals surface area contributed by atoms with Crippen LogP contribution >= 0.6 is 0 Å². The molecule has 0 radical (unpaired) electrons.